The van der Waals surface area contributed by atoms with Crippen molar-refractivity contribution in [2.45, 2.75) is 19.9 Å². The molecule has 142 valence electrons. The summed E-state index contributed by atoms with van der Waals surface area (Å²) in [7, 11) is 3.43. The van der Waals surface area contributed by atoms with Gasteiger partial charge in [0.1, 0.15) is 18.1 Å². The predicted octanol–water partition coefficient (Wildman–Crippen LogP) is 3.32. The molecule has 6 nitrogen and oxygen atoms in total. The second-order valence-corrected chi connectivity index (χ2v) is 5.65. The molecule has 0 bridgehead atoms. The first-order valence-electron chi connectivity index (χ1n) is 8.28. The Balaban J connectivity index is 0.00000338. The Labute approximate surface area is 172 Å². The summed E-state index contributed by atoms with van der Waals surface area (Å²) < 4.78 is 11.1. The fraction of sp³-hybridized carbons (Fsp3) is 0.368. The van der Waals surface area contributed by atoms with Gasteiger partial charge >= 0.3 is 0 Å². The van der Waals surface area contributed by atoms with E-state index in [2.05, 4.69) is 40.5 Å². The van der Waals surface area contributed by atoms with Gasteiger partial charge in [0, 0.05) is 18.8 Å². The predicted molar refractivity (Wildman–Crippen MR) is 116 cm³/mol. The largest absolute Gasteiger partial charge is 0.496 e. The van der Waals surface area contributed by atoms with Crippen molar-refractivity contribution in [2.75, 3.05) is 27.3 Å². The molecule has 0 saturated heterocycles. The third-order valence-corrected chi connectivity index (χ3v) is 3.73. The van der Waals surface area contributed by atoms with Gasteiger partial charge < -0.3 is 20.1 Å². The van der Waals surface area contributed by atoms with Crippen LogP contribution in [0, 0.1) is 6.92 Å². The molecule has 7 heteroatoms. The van der Waals surface area contributed by atoms with Crippen molar-refractivity contribution in [3.8, 4) is 11.5 Å². The number of ether oxygens (including phenoxy) is 2. The molecule has 1 aromatic carbocycles. The van der Waals surface area contributed by atoms with Crippen LogP contribution in [0.3, 0.4) is 0 Å². The van der Waals surface area contributed by atoms with Gasteiger partial charge in [-0.15, -0.1) is 24.0 Å². The number of benzene rings is 1. The number of methoxy groups -OCH3 is 1. The maximum absolute atomic E-state index is 5.61. The van der Waals surface area contributed by atoms with Crippen LogP contribution in [0.5, 0.6) is 11.5 Å². The molecule has 1 heterocycles. The normalized spacial score (nSPS) is 11.9. The first-order chi connectivity index (χ1) is 12.1. The number of hydrogen-bond acceptors (Lipinski definition) is 4. The van der Waals surface area contributed by atoms with Crippen molar-refractivity contribution >= 4 is 29.9 Å². The molecule has 1 unspecified atom stereocenters. The molecule has 0 spiro atoms. The summed E-state index contributed by atoms with van der Waals surface area (Å²) in [5.41, 5.74) is 2.29. The summed E-state index contributed by atoms with van der Waals surface area (Å²) in [5.74, 6) is 2.33. The van der Waals surface area contributed by atoms with Crippen molar-refractivity contribution in [2.24, 2.45) is 4.99 Å². The fourth-order valence-corrected chi connectivity index (χ4v) is 2.44. The summed E-state index contributed by atoms with van der Waals surface area (Å²) in [6.07, 6.45) is 3.41. The highest BCUT2D eigenvalue weighted by Crippen LogP contribution is 2.25. The van der Waals surface area contributed by atoms with E-state index in [0.717, 1.165) is 17.1 Å². The van der Waals surface area contributed by atoms with Gasteiger partial charge in [0.2, 0.25) is 0 Å². The van der Waals surface area contributed by atoms with Crippen molar-refractivity contribution in [1.82, 2.24) is 15.6 Å². The maximum atomic E-state index is 5.61. The highest BCUT2D eigenvalue weighted by molar-refractivity contribution is 14.0. The monoisotopic (exact) mass is 470 g/mol. The zero-order valence-electron chi connectivity index (χ0n) is 15.7. The van der Waals surface area contributed by atoms with Gasteiger partial charge in [0.25, 0.3) is 0 Å². The van der Waals surface area contributed by atoms with Crippen LogP contribution in [0.4, 0.5) is 0 Å². The molecule has 2 aromatic rings. The Bertz CT molecular complexity index is 695. The van der Waals surface area contributed by atoms with E-state index in [-0.39, 0.29) is 30.0 Å². The number of nitrogens with zero attached hydrogens (tertiary/aromatic N) is 2. The number of halogens is 1. The van der Waals surface area contributed by atoms with Gasteiger partial charge in [0.05, 0.1) is 25.9 Å². The van der Waals surface area contributed by atoms with E-state index < -0.39 is 0 Å². The Kier molecular flexibility index (Phi) is 9.79. The lowest BCUT2D eigenvalue weighted by Crippen LogP contribution is -2.40. The number of rotatable bonds is 7. The number of aromatic nitrogens is 1. The molecule has 0 fully saturated rings. The number of hydrogen-bond donors (Lipinski definition) is 2. The molecular formula is C19H27IN4O2. The lowest BCUT2D eigenvalue weighted by Gasteiger charge is -2.20. The van der Waals surface area contributed by atoms with Gasteiger partial charge in [-0.05, 0) is 32.0 Å². The zero-order chi connectivity index (χ0) is 18.1. The summed E-state index contributed by atoms with van der Waals surface area (Å²) in [6, 6.07) is 9.93. The van der Waals surface area contributed by atoms with E-state index >= 15 is 0 Å². The van der Waals surface area contributed by atoms with E-state index in [9.17, 15) is 0 Å². The van der Waals surface area contributed by atoms with Crippen LogP contribution in [0.1, 0.15) is 24.1 Å². The van der Waals surface area contributed by atoms with Crippen molar-refractivity contribution in [3.63, 3.8) is 0 Å². The summed E-state index contributed by atoms with van der Waals surface area (Å²) in [4.78, 5) is 8.28. The molecule has 0 aliphatic carbocycles. The molecule has 0 aliphatic heterocycles. The lowest BCUT2D eigenvalue weighted by molar-refractivity contribution is 0.320. The summed E-state index contributed by atoms with van der Waals surface area (Å²) >= 11 is 0. The summed E-state index contributed by atoms with van der Waals surface area (Å²) in [6.45, 7) is 5.30. The number of aliphatic imine (C=N–C) groups is 1. The topological polar surface area (TPSA) is 67.8 Å². The highest BCUT2D eigenvalue weighted by Gasteiger charge is 2.13. The van der Waals surface area contributed by atoms with Crippen LogP contribution < -0.4 is 20.1 Å². The average molecular weight is 470 g/mol. The molecule has 26 heavy (non-hydrogen) atoms. The van der Waals surface area contributed by atoms with Crippen molar-refractivity contribution < 1.29 is 9.47 Å². The Morgan fingerprint density at radius 2 is 2.12 bits per heavy atom. The number of aryl methyl sites for hydroxylation is 1. The van der Waals surface area contributed by atoms with E-state index in [0.29, 0.717) is 19.1 Å². The first kappa shape index (κ1) is 22.0. The summed E-state index contributed by atoms with van der Waals surface area (Å²) in [5, 5.41) is 6.62. The standard InChI is InChI=1S/C19H26N4O2.HI/c1-14-7-8-18(24-4)17(12-14)15(2)23-19(20-3)22-10-11-25-16-6-5-9-21-13-16;/h5-9,12-13,15H,10-11H2,1-4H3,(H2,20,22,23);1H. The Hall–Kier alpha value is -2.03. The zero-order valence-corrected chi connectivity index (χ0v) is 18.0. The van der Waals surface area contributed by atoms with Crippen LogP contribution in [0.25, 0.3) is 0 Å². The molecule has 2 N–H and O–H groups in total. The molecular weight excluding hydrogens is 443 g/mol. The van der Waals surface area contributed by atoms with Gasteiger partial charge in [-0.25, -0.2) is 0 Å². The molecule has 0 amide bonds. The van der Waals surface area contributed by atoms with Crippen LogP contribution in [-0.4, -0.2) is 38.3 Å². The minimum absolute atomic E-state index is 0. The second kappa shape index (κ2) is 11.6. The molecule has 1 atom stereocenters. The van der Waals surface area contributed by atoms with Gasteiger partial charge in [0.15, 0.2) is 5.96 Å². The van der Waals surface area contributed by atoms with Gasteiger partial charge in [-0.2, -0.15) is 0 Å². The SMILES string of the molecule is CN=C(NCCOc1cccnc1)NC(C)c1cc(C)ccc1OC.I. The molecule has 2 rings (SSSR count). The van der Waals surface area contributed by atoms with E-state index in [1.165, 1.54) is 5.56 Å². The third-order valence-electron chi connectivity index (χ3n) is 3.73. The second-order valence-electron chi connectivity index (χ2n) is 5.65. The quantitative estimate of drug-likeness (QED) is 0.281. The van der Waals surface area contributed by atoms with Gasteiger partial charge in [-0.3, -0.25) is 9.98 Å². The number of pyridine rings is 1. The van der Waals surface area contributed by atoms with Crippen LogP contribution in [0.15, 0.2) is 47.7 Å². The smallest absolute Gasteiger partial charge is 0.191 e. The maximum Gasteiger partial charge on any atom is 0.191 e. The van der Waals surface area contributed by atoms with E-state index in [1.807, 2.05) is 24.3 Å². The molecule has 0 radical (unpaired) electrons. The average Bonchev–Trinajstić information content (AvgIpc) is 2.64. The van der Waals surface area contributed by atoms with E-state index in [4.69, 9.17) is 9.47 Å². The minimum atomic E-state index is 0. The molecule has 0 aliphatic rings. The molecule has 1 aromatic heterocycles. The number of nitrogens with one attached hydrogen (secondary N) is 2. The van der Waals surface area contributed by atoms with Crippen LogP contribution in [0.2, 0.25) is 0 Å². The minimum Gasteiger partial charge on any atom is -0.496 e. The number of guanidine groups is 1. The third kappa shape index (κ3) is 6.70. The highest BCUT2D eigenvalue weighted by atomic mass is 127. The lowest BCUT2D eigenvalue weighted by atomic mass is 10.0. The van der Waals surface area contributed by atoms with Crippen molar-refractivity contribution in [1.29, 1.82) is 0 Å². The van der Waals surface area contributed by atoms with Crippen LogP contribution in [-0.2, 0) is 0 Å². The van der Waals surface area contributed by atoms with Gasteiger partial charge in [-0.1, -0.05) is 17.7 Å². The van der Waals surface area contributed by atoms with E-state index in [1.54, 1.807) is 26.6 Å². The van der Waals surface area contributed by atoms with Crippen LogP contribution >= 0.6 is 24.0 Å². The Morgan fingerprint density at radius 1 is 1.31 bits per heavy atom. The molecule has 0 saturated carbocycles. The Morgan fingerprint density at radius 3 is 2.77 bits per heavy atom. The van der Waals surface area contributed by atoms with Crippen molar-refractivity contribution in [3.05, 3.63) is 53.9 Å². The fourth-order valence-electron chi connectivity index (χ4n) is 2.44. The first-order valence-corrected chi connectivity index (χ1v) is 8.28.